The molecule has 0 saturated heterocycles. The molecule has 0 spiro atoms. The Bertz CT molecular complexity index is 877. The fraction of sp³-hybridized carbons (Fsp3) is 0.571. The number of ether oxygens (including phenoxy) is 5. The van der Waals surface area contributed by atoms with Crippen molar-refractivity contribution in [2.24, 2.45) is 5.92 Å². The van der Waals surface area contributed by atoms with Gasteiger partial charge in [-0.05, 0) is 6.42 Å². The lowest BCUT2D eigenvalue weighted by atomic mass is 9.85. The Kier molecular flexibility index (Phi) is 10.9. The summed E-state index contributed by atoms with van der Waals surface area (Å²) in [7, 11) is 0. The van der Waals surface area contributed by atoms with Crippen LogP contribution in [0.25, 0.3) is 0 Å². The molecule has 1 rings (SSSR count). The Hall–Kier alpha value is -3.77. The highest BCUT2D eigenvalue weighted by Crippen LogP contribution is 2.32. The number of esters is 5. The molecule has 13 nitrogen and oxygen atoms in total. The lowest BCUT2D eigenvalue weighted by molar-refractivity contribution is -0.437. The maximum absolute atomic E-state index is 12.0. The molecule has 34 heavy (non-hydrogen) atoms. The Morgan fingerprint density at radius 1 is 0.882 bits per heavy atom. The van der Waals surface area contributed by atoms with E-state index in [9.17, 15) is 34.1 Å². The third-order valence-electron chi connectivity index (χ3n) is 4.47. The highest BCUT2D eigenvalue weighted by Gasteiger charge is 2.49. The van der Waals surface area contributed by atoms with Crippen LogP contribution in [0.5, 0.6) is 0 Å². The Morgan fingerprint density at radius 3 is 1.88 bits per heavy atom. The van der Waals surface area contributed by atoms with Gasteiger partial charge < -0.3 is 23.7 Å². The van der Waals surface area contributed by atoms with Crippen LogP contribution < -0.4 is 0 Å². The van der Waals surface area contributed by atoms with Crippen LogP contribution in [0.4, 0.5) is 0 Å². The summed E-state index contributed by atoms with van der Waals surface area (Å²) in [6.07, 6.45) is -2.17. The summed E-state index contributed by atoms with van der Waals surface area (Å²) >= 11 is 0. The van der Waals surface area contributed by atoms with Crippen LogP contribution in [-0.2, 0) is 47.7 Å². The average Bonchev–Trinajstić information content (AvgIpc) is 2.71. The van der Waals surface area contributed by atoms with Gasteiger partial charge in [-0.3, -0.25) is 34.1 Å². The van der Waals surface area contributed by atoms with Crippen molar-refractivity contribution < 1.29 is 52.6 Å². The van der Waals surface area contributed by atoms with E-state index in [2.05, 4.69) is 0 Å². The van der Waals surface area contributed by atoms with E-state index in [0.29, 0.717) is 0 Å². The summed E-state index contributed by atoms with van der Waals surface area (Å²) < 4.78 is 26.0. The minimum atomic E-state index is -1.68. The van der Waals surface area contributed by atoms with E-state index < -0.39 is 71.7 Å². The van der Waals surface area contributed by atoms with Gasteiger partial charge in [0.1, 0.15) is 6.61 Å². The molecule has 0 N–H and O–H groups in total. The first kappa shape index (κ1) is 28.3. The van der Waals surface area contributed by atoms with E-state index in [1.165, 1.54) is 12.2 Å². The summed E-state index contributed by atoms with van der Waals surface area (Å²) in [5.74, 6) is -5.42. The molecule has 0 aromatic heterocycles. The molecular formula is C21H27NO12. The van der Waals surface area contributed by atoms with Gasteiger partial charge >= 0.3 is 29.8 Å². The van der Waals surface area contributed by atoms with E-state index in [0.717, 1.165) is 34.6 Å². The van der Waals surface area contributed by atoms with Crippen LogP contribution in [-0.4, -0.2) is 65.8 Å². The molecule has 0 amide bonds. The van der Waals surface area contributed by atoms with E-state index in [-0.39, 0.29) is 12.1 Å². The number of nitrogens with zero attached hydrogens (tertiary/aromatic N) is 1. The van der Waals surface area contributed by atoms with Crippen LogP contribution >= 0.6 is 0 Å². The number of nitro groups is 1. The Morgan fingerprint density at radius 2 is 1.41 bits per heavy atom. The molecule has 0 fully saturated rings. The number of carbonyl (C=O) groups is 5. The molecule has 13 heteroatoms. The third-order valence-corrected chi connectivity index (χ3v) is 4.47. The smallest absolute Gasteiger partial charge is 0.303 e. The zero-order valence-electron chi connectivity index (χ0n) is 19.4. The maximum atomic E-state index is 12.0. The first-order valence-corrected chi connectivity index (χ1v) is 10.2. The SMILES string of the molecule is CC(=O)OC[C@@H](OC(C)=O)[C@@H](OC(C)=O)[C@H](OC(C)=O)[C@H](OC(C)=O)C1CC=CC=C1[N+](=O)[O-]. The van der Waals surface area contributed by atoms with Crippen molar-refractivity contribution in [1.29, 1.82) is 0 Å². The van der Waals surface area contributed by atoms with E-state index >= 15 is 0 Å². The second-order valence-electron chi connectivity index (χ2n) is 7.29. The summed E-state index contributed by atoms with van der Waals surface area (Å²) in [5, 5.41) is 11.6. The fourth-order valence-corrected chi connectivity index (χ4v) is 3.37. The van der Waals surface area contributed by atoms with Crippen LogP contribution in [0.2, 0.25) is 0 Å². The quantitative estimate of drug-likeness (QED) is 0.176. The average molecular weight is 485 g/mol. The van der Waals surface area contributed by atoms with Gasteiger partial charge in [0, 0.05) is 40.7 Å². The number of allylic oxidation sites excluding steroid dienone is 3. The van der Waals surface area contributed by atoms with Crippen molar-refractivity contribution in [1.82, 2.24) is 0 Å². The van der Waals surface area contributed by atoms with Gasteiger partial charge in [-0.25, -0.2) is 0 Å². The summed E-state index contributed by atoms with van der Waals surface area (Å²) in [4.78, 5) is 69.9. The maximum Gasteiger partial charge on any atom is 0.303 e. The van der Waals surface area contributed by atoms with Gasteiger partial charge in [0.25, 0.3) is 5.70 Å². The van der Waals surface area contributed by atoms with Gasteiger partial charge in [-0.1, -0.05) is 12.2 Å². The number of hydrogen-bond donors (Lipinski definition) is 0. The van der Waals surface area contributed by atoms with Crippen molar-refractivity contribution >= 4 is 29.8 Å². The van der Waals surface area contributed by atoms with Crippen LogP contribution in [0, 0.1) is 16.0 Å². The zero-order valence-corrected chi connectivity index (χ0v) is 19.4. The van der Waals surface area contributed by atoms with Crippen LogP contribution in [0.3, 0.4) is 0 Å². The second-order valence-corrected chi connectivity index (χ2v) is 7.29. The fourth-order valence-electron chi connectivity index (χ4n) is 3.37. The standard InChI is InChI=1S/C21H27NO12/c1-11(23)30-10-18(31-12(2)24)20(33-14(4)26)21(34-15(5)27)19(32-13(3)25)16-8-6-7-9-17(16)22(28)29/h6-7,9,16,18-21H,8,10H2,1-5H3/t16?,18-,19-,20-,21-/m1/s1. The van der Waals surface area contributed by atoms with Gasteiger partial charge in [0.2, 0.25) is 0 Å². The van der Waals surface area contributed by atoms with E-state index in [1.807, 2.05) is 0 Å². The monoisotopic (exact) mass is 485 g/mol. The topological polar surface area (TPSA) is 175 Å². The van der Waals surface area contributed by atoms with Gasteiger partial charge in [-0.15, -0.1) is 0 Å². The Balaban J connectivity index is 3.64. The van der Waals surface area contributed by atoms with Crippen molar-refractivity contribution in [2.45, 2.75) is 65.5 Å². The second kappa shape index (κ2) is 13.1. The van der Waals surface area contributed by atoms with Crippen molar-refractivity contribution in [3.63, 3.8) is 0 Å². The summed E-state index contributed by atoms with van der Waals surface area (Å²) in [6.45, 7) is 4.58. The molecule has 0 aliphatic heterocycles. The first-order chi connectivity index (χ1) is 15.8. The molecule has 1 unspecified atom stereocenters. The lowest BCUT2D eigenvalue weighted by Gasteiger charge is -2.37. The van der Waals surface area contributed by atoms with E-state index in [4.69, 9.17) is 23.7 Å². The minimum absolute atomic E-state index is 0.0114. The third kappa shape index (κ3) is 9.00. The molecule has 0 radical (unpaired) electrons. The van der Waals surface area contributed by atoms with Crippen LogP contribution in [0.1, 0.15) is 41.0 Å². The number of hydrogen-bond acceptors (Lipinski definition) is 12. The van der Waals surface area contributed by atoms with Crippen molar-refractivity contribution in [3.05, 3.63) is 34.0 Å². The van der Waals surface area contributed by atoms with Gasteiger partial charge in [0.15, 0.2) is 24.4 Å². The first-order valence-electron chi connectivity index (χ1n) is 10.2. The normalized spacial score (nSPS) is 18.3. The highest BCUT2D eigenvalue weighted by molar-refractivity contribution is 5.69. The molecule has 1 aliphatic carbocycles. The largest absolute Gasteiger partial charge is 0.462 e. The highest BCUT2D eigenvalue weighted by atomic mass is 16.6. The molecule has 5 atom stereocenters. The molecule has 188 valence electrons. The van der Waals surface area contributed by atoms with Crippen molar-refractivity contribution in [2.75, 3.05) is 6.61 Å². The lowest BCUT2D eigenvalue weighted by Crippen LogP contribution is -2.55. The molecule has 0 heterocycles. The van der Waals surface area contributed by atoms with Crippen molar-refractivity contribution in [3.8, 4) is 0 Å². The van der Waals surface area contributed by atoms with Gasteiger partial charge in [0.05, 0.1) is 10.8 Å². The zero-order chi connectivity index (χ0) is 26.0. The molecular weight excluding hydrogens is 458 g/mol. The summed E-state index contributed by atoms with van der Waals surface area (Å²) in [5.41, 5.74) is -0.350. The van der Waals surface area contributed by atoms with Crippen LogP contribution in [0.15, 0.2) is 23.9 Å². The van der Waals surface area contributed by atoms with Gasteiger partial charge in [-0.2, -0.15) is 0 Å². The molecule has 0 aromatic carbocycles. The van der Waals surface area contributed by atoms with E-state index in [1.54, 1.807) is 6.08 Å². The molecule has 0 bridgehead atoms. The number of carbonyl (C=O) groups excluding carboxylic acids is 5. The molecule has 0 saturated carbocycles. The predicted octanol–water partition coefficient (Wildman–Crippen LogP) is 1.01. The number of rotatable bonds is 11. The molecule has 0 aromatic rings. The molecule has 1 aliphatic rings. The summed E-state index contributed by atoms with van der Waals surface area (Å²) in [6, 6.07) is 0. The minimum Gasteiger partial charge on any atom is -0.462 e. The predicted molar refractivity (Wildman–Crippen MR) is 111 cm³/mol. The Labute approximate surface area is 195 Å².